The van der Waals surface area contributed by atoms with Gasteiger partial charge in [0.15, 0.2) is 0 Å². The lowest BCUT2D eigenvalue weighted by Gasteiger charge is -2.35. The van der Waals surface area contributed by atoms with Crippen LogP contribution in [0.15, 0.2) is 18.3 Å². The molecule has 1 aliphatic heterocycles. The van der Waals surface area contributed by atoms with Crippen molar-refractivity contribution in [2.75, 3.05) is 18.0 Å². The van der Waals surface area contributed by atoms with Gasteiger partial charge in [0.25, 0.3) is 0 Å². The number of ether oxygens (including phenoxy) is 1. The van der Waals surface area contributed by atoms with E-state index in [4.69, 9.17) is 15.7 Å². The van der Waals surface area contributed by atoms with E-state index in [1.807, 2.05) is 12.1 Å². The molecule has 1 aliphatic carbocycles. The van der Waals surface area contributed by atoms with Crippen molar-refractivity contribution >= 4 is 5.69 Å². The van der Waals surface area contributed by atoms with Crippen LogP contribution in [0.25, 0.3) is 0 Å². The van der Waals surface area contributed by atoms with E-state index in [0.717, 1.165) is 44.5 Å². The second-order valence-corrected chi connectivity index (χ2v) is 5.69. The average molecular weight is 272 g/mol. The normalized spacial score (nSPS) is 26.7. The zero-order valence-electron chi connectivity index (χ0n) is 11.5. The zero-order chi connectivity index (χ0) is 13.9. The van der Waals surface area contributed by atoms with Crippen LogP contribution in [0.2, 0.25) is 0 Å². The van der Waals surface area contributed by atoms with Crippen molar-refractivity contribution < 1.29 is 4.74 Å². The van der Waals surface area contributed by atoms with Gasteiger partial charge in [0.05, 0.1) is 11.8 Å². The second-order valence-electron chi connectivity index (χ2n) is 5.69. The summed E-state index contributed by atoms with van der Waals surface area (Å²) in [6, 6.07) is 6.62. The molecule has 1 aromatic rings. The van der Waals surface area contributed by atoms with Crippen molar-refractivity contribution in [3.63, 3.8) is 0 Å². The molecule has 20 heavy (non-hydrogen) atoms. The van der Waals surface area contributed by atoms with Gasteiger partial charge >= 0.3 is 0 Å². The van der Waals surface area contributed by atoms with E-state index >= 15 is 0 Å². The highest BCUT2D eigenvalue weighted by molar-refractivity contribution is 5.55. The summed E-state index contributed by atoms with van der Waals surface area (Å²) in [5.41, 5.74) is 6.84. The molecule has 1 aromatic heterocycles. The van der Waals surface area contributed by atoms with E-state index in [0.29, 0.717) is 5.88 Å². The van der Waals surface area contributed by atoms with E-state index in [2.05, 4.69) is 16.0 Å². The maximum absolute atomic E-state index is 8.97. The van der Waals surface area contributed by atoms with Gasteiger partial charge in [-0.2, -0.15) is 5.26 Å². The average Bonchev–Trinajstić information content (AvgIpc) is 2.46. The number of nitriles is 1. The fourth-order valence-electron chi connectivity index (χ4n) is 2.82. The Bertz CT molecular complexity index is 499. The quantitative estimate of drug-likeness (QED) is 0.906. The molecule has 2 N–H and O–H groups in total. The van der Waals surface area contributed by atoms with Gasteiger partial charge in [-0.1, -0.05) is 0 Å². The molecule has 2 heterocycles. The summed E-state index contributed by atoms with van der Waals surface area (Å²) < 4.78 is 5.96. The van der Waals surface area contributed by atoms with Crippen LogP contribution in [0, 0.1) is 17.2 Å². The van der Waals surface area contributed by atoms with Crippen LogP contribution in [-0.4, -0.2) is 30.2 Å². The largest absolute Gasteiger partial charge is 0.473 e. The molecule has 0 aromatic carbocycles. The van der Waals surface area contributed by atoms with Gasteiger partial charge in [-0.05, 0) is 37.8 Å². The molecule has 0 bridgehead atoms. The van der Waals surface area contributed by atoms with Crippen molar-refractivity contribution in [3.05, 3.63) is 18.3 Å². The summed E-state index contributed by atoms with van der Waals surface area (Å²) in [5.74, 6) is 0.900. The van der Waals surface area contributed by atoms with Gasteiger partial charge in [-0.3, -0.25) is 0 Å². The van der Waals surface area contributed by atoms with Crippen LogP contribution < -0.4 is 15.4 Å². The molecule has 0 atom stereocenters. The molecule has 3 rings (SSSR count). The lowest BCUT2D eigenvalue weighted by molar-refractivity contribution is 0.0962. The highest BCUT2D eigenvalue weighted by Gasteiger charge is 2.29. The number of anilines is 1. The molecule has 5 nitrogen and oxygen atoms in total. The van der Waals surface area contributed by atoms with Gasteiger partial charge in [-0.15, -0.1) is 0 Å². The van der Waals surface area contributed by atoms with Crippen LogP contribution >= 0.6 is 0 Å². The third-order valence-corrected chi connectivity index (χ3v) is 4.18. The number of pyridine rings is 1. The molecule has 106 valence electrons. The van der Waals surface area contributed by atoms with Crippen molar-refractivity contribution in [1.82, 2.24) is 4.98 Å². The van der Waals surface area contributed by atoms with Crippen LogP contribution in [-0.2, 0) is 0 Å². The first-order valence-corrected chi connectivity index (χ1v) is 7.28. The van der Waals surface area contributed by atoms with Gasteiger partial charge < -0.3 is 15.4 Å². The Hall–Kier alpha value is -1.80. The number of piperidine rings is 1. The lowest BCUT2D eigenvalue weighted by Crippen LogP contribution is -2.43. The van der Waals surface area contributed by atoms with Crippen molar-refractivity contribution in [2.45, 2.75) is 37.8 Å². The standard InChI is InChI=1S/C15H20N4O/c16-10-11-3-6-19(7-4-11)14-2-1-5-18-15(14)20-13-8-12(17)9-13/h1-2,5,11-13H,3-4,6-9,17H2/t12-,13+. The second kappa shape index (κ2) is 5.68. The molecule has 0 radical (unpaired) electrons. The van der Waals surface area contributed by atoms with Gasteiger partial charge in [0, 0.05) is 31.2 Å². The molecule has 0 amide bonds. The number of nitrogens with two attached hydrogens (primary N) is 1. The minimum absolute atomic E-state index is 0.192. The fraction of sp³-hybridized carbons (Fsp3) is 0.600. The SMILES string of the molecule is N#CC1CCN(c2cccnc2O[C@H]2C[C@@H](N)C2)CC1. The molecule has 0 unspecified atom stereocenters. The lowest BCUT2D eigenvalue weighted by atomic mass is 9.90. The number of hydrogen-bond donors (Lipinski definition) is 1. The Morgan fingerprint density at radius 3 is 2.75 bits per heavy atom. The maximum Gasteiger partial charge on any atom is 0.237 e. The summed E-state index contributed by atoms with van der Waals surface area (Å²) in [7, 11) is 0. The van der Waals surface area contributed by atoms with Gasteiger partial charge in [0.2, 0.25) is 5.88 Å². The van der Waals surface area contributed by atoms with E-state index in [-0.39, 0.29) is 18.1 Å². The summed E-state index contributed by atoms with van der Waals surface area (Å²) >= 11 is 0. The van der Waals surface area contributed by atoms with Gasteiger partial charge in [0.1, 0.15) is 6.10 Å². The molecule has 2 fully saturated rings. The smallest absolute Gasteiger partial charge is 0.237 e. The van der Waals surface area contributed by atoms with E-state index in [9.17, 15) is 0 Å². The summed E-state index contributed by atoms with van der Waals surface area (Å²) in [4.78, 5) is 6.64. The highest BCUT2D eigenvalue weighted by atomic mass is 16.5. The molecule has 1 saturated heterocycles. The minimum Gasteiger partial charge on any atom is -0.473 e. The zero-order valence-corrected chi connectivity index (χ0v) is 11.5. The number of aromatic nitrogens is 1. The fourth-order valence-corrected chi connectivity index (χ4v) is 2.82. The molecular formula is C15H20N4O. The Labute approximate surface area is 119 Å². The van der Waals surface area contributed by atoms with Gasteiger partial charge in [-0.25, -0.2) is 4.98 Å². The number of hydrogen-bond acceptors (Lipinski definition) is 5. The monoisotopic (exact) mass is 272 g/mol. The predicted molar refractivity (Wildman–Crippen MR) is 76.4 cm³/mol. The summed E-state index contributed by atoms with van der Waals surface area (Å²) in [5, 5.41) is 8.97. The Morgan fingerprint density at radius 2 is 2.10 bits per heavy atom. The van der Waals surface area contributed by atoms with E-state index < -0.39 is 0 Å². The number of rotatable bonds is 3. The van der Waals surface area contributed by atoms with Crippen molar-refractivity contribution in [2.24, 2.45) is 11.7 Å². The predicted octanol–water partition coefficient (Wildman–Crippen LogP) is 1.69. The molecule has 2 aliphatic rings. The first-order chi connectivity index (χ1) is 9.76. The van der Waals surface area contributed by atoms with Crippen LogP contribution in [0.5, 0.6) is 5.88 Å². The minimum atomic E-state index is 0.192. The van der Waals surface area contributed by atoms with Crippen LogP contribution in [0.3, 0.4) is 0 Å². The Balaban J connectivity index is 1.68. The molecule has 1 saturated carbocycles. The third-order valence-electron chi connectivity index (χ3n) is 4.18. The van der Waals surface area contributed by atoms with Crippen LogP contribution in [0.4, 0.5) is 5.69 Å². The van der Waals surface area contributed by atoms with E-state index in [1.165, 1.54) is 0 Å². The van der Waals surface area contributed by atoms with Crippen LogP contribution in [0.1, 0.15) is 25.7 Å². The first kappa shape index (κ1) is 13.2. The number of nitrogens with zero attached hydrogens (tertiary/aromatic N) is 3. The maximum atomic E-state index is 8.97. The third kappa shape index (κ3) is 2.70. The Kier molecular flexibility index (Phi) is 3.75. The Morgan fingerprint density at radius 1 is 1.35 bits per heavy atom. The van der Waals surface area contributed by atoms with E-state index in [1.54, 1.807) is 6.20 Å². The summed E-state index contributed by atoms with van der Waals surface area (Å²) in [6.45, 7) is 1.79. The van der Waals surface area contributed by atoms with Crippen molar-refractivity contribution in [3.8, 4) is 11.9 Å². The molecular weight excluding hydrogens is 252 g/mol. The summed E-state index contributed by atoms with van der Waals surface area (Å²) in [6.07, 6.45) is 5.62. The molecule has 0 spiro atoms. The highest BCUT2D eigenvalue weighted by Crippen LogP contribution is 2.32. The van der Waals surface area contributed by atoms with Crippen molar-refractivity contribution in [1.29, 1.82) is 5.26 Å². The first-order valence-electron chi connectivity index (χ1n) is 7.28. The topological polar surface area (TPSA) is 75.2 Å². The molecule has 5 heteroatoms.